The molecule has 2 aromatic heterocycles. The zero-order chi connectivity index (χ0) is 21.7. The second kappa shape index (κ2) is 7.40. The third kappa shape index (κ3) is 3.24. The number of rotatable bonds is 3. The van der Waals surface area contributed by atoms with E-state index in [4.69, 9.17) is 26.4 Å². The molecule has 0 radical (unpaired) electrons. The van der Waals surface area contributed by atoms with Crippen molar-refractivity contribution < 1.29 is 4.74 Å². The third-order valence-electron chi connectivity index (χ3n) is 5.89. The Labute approximate surface area is 186 Å². The van der Waals surface area contributed by atoms with Gasteiger partial charge in [-0.1, -0.05) is 29.8 Å². The molecule has 5 aromatic rings. The van der Waals surface area contributed by atoms with E-state index in [1.807, 2.05) is 47.3 Å². The molecule has 0 amide bonds. The monoisotopic (exact) mass is 427 g/mol. The van der Waals surface area contributed by atoms with Crippen molar-refractivity contribution in [1.29, 1.82) is 0 Å². The fraction of sp³-hybridized carbons (Fsp3) is 0.154. The number of fused-ring (bicyclic) bond motifs is 3. The molecule has 0 saturated carbocycles. The van der Waals surface area contributed by atoms with Crippen LogP contribution in [0.15, 0.2) is 60.8 Å². The molecule has 0 fully saturated rings. The maximum atomic E-state index is 6.37. The number of aromatic nitrogens is 3. The summed E-state index contributed by atoms with van der Waals surface area (Å²) in [4.78, 5) is 4.72. The molecule has 0 atom stereocenters. The molecule has 154 valence electrons. The fourth-order valence-corrected chi connectivity index (χ4v) is 4.14. The van der Waals surface area contributed by atoms with Gasteiger partial charge in [0, 0.05) is 27.6 Å². The first kappa shape index (κ1) is 19.6. The predicted octanol–water partition coefficient (Wildman–Crippen LogP) is 6.83. The lowest BCUT2D eigenvalue weighted by Crippen LogP contribution is -2.00. The molecule has 0 aliphatic carbocycles. The van der Waals surface area contributed by atoms with Gasteiger partial charge in [-0.3, -0.25) is 4.98 Å². The molecule has 0 N–H and O–H groups in total. The number of benzene rings is 3. The zero-order valence-corrected chi connectivity index (χ0v) is 18.7. The number of hydrogen-bond acceptors (Lipinski definition) is 3. The molecule has 0 spiro atoms. The summed E-state index contributed by atoms with van der Waals surface area (Å²) in [6, 6.07) is 18.2. The van der Waals surface area contributed by atoms with Crippen molar-refractivity contribution >= 4 is 33.4 Å². The zero-order valence-electron chi connectivity index (χ0n) is 17.9. The Hall–Kier alpha value is -3.37. The topological polar surface area (TPSA) is 39.9 Å². The van der Waals surface area contributed by atoms with Gasteiger partial charge in [0.15, 0.2) is 0 Å². The van der Waals surface area contributed by atoms with Crippen LogP contribution in [0.5, 0.6) is 5.75 Å². The molecule has 0 aliphatic heterocycles. The highest BCUT2D eigenvalue weighted by Crippen LogP contribution is 2.36. The average molecular weight is 428 g/mol. The molecular weight excluding hydrogens is 406 g/mol. The molecule has 0 saturated heterocycles. The van der Waals surface area contributed by atoms with Gasteiger partial charge in [0.2, 0.25) is 0 Å². The molecule has 0 aliphatic rings. The molecule has 4 nitrogen and oxygen atoms in total. The standard InChI is InChI=1S/C26H22ClN3O/c1-15-5-7-18(11-17(15)3)25-22-14-28-23-10-9-20(31-4)13-21(23)26(22)30(29-25)24-12-19(27)8-6-16(24)2/h5-14H,1-4H3. The van der Waals surface area contributed by atoms with Crippen LogP contribution in [0.3, 0.4) is 0 Å². The van der Waals surface area contributed by atoms with Crippen LogP contribution >= 0.6 is 11.6 Å². The van der Waals surface area contributed by atoms with E-state index in [-0.39, 0.29) is 0 Å². The van der Waals surface area contributed by atoms with Crippen LogP contribution < -0.4 is 4.74 Å². The van der Waals surface area contributed by atoms with Gasteiger partial charge >= 0.3 is 0 Å². The van der Waals surface area contributed by atoms with E-state index in [1.54, 1.807) is 7.11 Å². The van der Waals surface area contributed by atoms with Gasteiger partial charge in [-0.15, -0.1) is 0 Å². The third-order valence-corrected chi connectivity index (χ3v) is 6.13. The van der Waals surface area contributed by atoms with E-state index in [9.17, 15) is 0 Å². The van der Waals surface area contributed by atoms with E-state index >= 15 is 0 Å². The van der Waals surface area contributed by atoms with Crippen LogP contribution in [0.4, 0.5) is 0 Å². The minimum atomic E-state index is 0.674. The molecule has 2 heterocycles. The highest BCUT2D eigenvalue weighted by atomic mass is 35.5. The van der Waals surface area contributed by atoms with Crippen LogP contribution in [0, 0.1) is 20.8 Å². The second-order valence-corrected chi connectivity index (χ2v) is 8.33. The van der Waals surface area contributed by atoms with E-state index in [0.717, 1.165) is 50.1 Å². The quantitative estimate of drug-likeness (QED) is 0.317. The van der Waals surface area contributed by atoms with E-state index in [2.05, 4.69) is 39.0 Å². The summed E-state index contributed by atoms with van der Waals surface area (Å²) in [6.45, 7) is 6.31. The second-order valence-electron chi connectivity index (χ2n) is 7.89. The molecular formula is C26H22ClN3O. The summed E-state index contributed by atoms with van der Waals surface area (Å²) in [5.74, 6) is 0.782. The van der Waals surface area contributed by atoms with Gasteiger partial charge in [0.1, 0.15) is 11.4 Å². The Kier molecular flexibility index (Phi) is 4.67. The van der Waals surface area contributed by atoms with E-state index in [1.165, 1.54) is 11.1 Å². The van der Waals surface area contributed by atoms with Gasteiger partial charge in [-0.2, -0.15) is 5.10 Å². The van der Waals surface area contributed by atoms with Gasteiger partial charge in [-0.05, 0) is 73.9 Å². The van der Waals surface area contributed by atoms with Crippen molar-refractivity contribution in [3.8, 4) is 22.7 Å². The summed E-state index contributed by atoms with van der Waals surface area (Å²) >= 11 is 6.37. The van der Waals surface area contributed by atoms with Crippen molar-refractivity contribution in [3.05, 3.63) is 82.5 Å². The van der Waals surface area contributed by atoms with Crippen molar-refractivity contribution in [2.75, 3.05) is 7.11 Å². The first-order valence-corrected chi connectivity index (χ1v) is 10.5. The van der Waals surface area contributed by atoms with Crippen LogP contribution in [0.25, 0.3) is 38.8 Å². The lowest BCUT2D eigenvalue weighted by molar-refractivity contribution is 0.415. The number of nitrogens with zero attached hydrogens (tertiary/aromatic N) is 3. The predicted molar refractivity (Wildman–Crippen MR) is 128 cm³/mol. The summed E-state index contributed by atoms with van der Waals surface area (Å²) < 4.78 is 7.49. The van der Waals surface area contributed by atoms with E-state index < -0.39 is 0 Å². The lowest BCUT2D eigenvalue weighted by Gasteiger charge is -2.10. The number of ether oxygens (including phenoxy) is 1. The smallest absolute Gasteiger partial charge is 0.119 e. The lowest BCUT2D eigenvalue weighted by atomic mass is 10.0. The highest BCUT2D eigenvalue weighted by molar-refractivity contribution is 6.30. The number of halogens is 1. The first-order valence-electron chi connectivity index (χ1n) is 10.2. The number of pyridine rings is 1. The molecule has 5 heteroatoms. The maximum absolute atomic E-state index is 6.37. The summed E-state index contributed by atoms with van der Waals surface area (Å²) in [5.41, 5.74) is 8.37. The summed E-state index contributed by atoms with van der Waals surface area (Å²) in [7, 11) is 1.67. The largest absolute Gasteiger partial charge is 0.497 e. The van der Waals surface area contributed by atoms with Gasteiger partial charge < -0.3 is 4.74 Å². The van der Waals surface area contributed by atoms with Crippen molar-refractivity contribution in [1.82, 2.24) is 14.8 Å². The molecule has 31 heavy (non-hydrogen) atoms. The van der Waals surface area contributed by atoms with Crippen LogP contribution in [-0.4, -0.2) is 21.9 Å². The van der Waals surface area contributed by atoms with Gasteiger partial charge in [0.25, 0.3) is 0 Å². The number of hydrogen-bond donors (Lipinski definition) is 0. The SMILES string of the molecule is COc1ccc2ncc3c(-c4ccc(C)c(C)c4)nn(-c4cc(Cl)ccc4C)c3c2c1. The van der Waals surface area contributed by atoms with Gasteiger partial charge in [-0.25, -0.2) is 4.68 Å². The Bertz CT molecular complexity index is 1470. The summed E-state index contributed by atoms with van der Waals surface area (Å²) in [6.07, 6.45) is 1.91. The average Bonchev–Trinajstić information content (AvgIpc) is 3.17. The summed E-state index contributed by atoms with van der Waals surface area (Å²) in [5, 5.41) is 7.73. The molecule has 0 unspecified atom stereocenters. The molecule has 3 aromatic carbocycles. The highest BCUT2D eigenvalue weighted by Gasteiger charge is 2.19. The van der Waals surface area contributed by atoms with Crippen molar-refractivity contribution in [3.63, 3.8) is 0 Å². The minimum absolute atomic E-state index is 0.674. The van der Waals surface area contributed by atoms with Crippen LogP contribution in [-0.2, 0) is 0 Å². The minimum Gasteiger partial charge on any atom is -0.497 e. The molecule has 5 rings (SSSR count). The maximum Gasteiger partial charge on any atom is 0.119 e. The van der Waals surface area contributed by atoms with Crippen molar-refractivity contribution in [2.45, 2.75) is 20.8 Å². The number of methoxy groups -OCH3 is 1. The first-order chi connectivity index (χ1) is 15.0. The van der Waals surface area contributed by atoms with Crippen LogP contribution in [0.1, 0.15) is 16.7 Å². The van der Waals surface area contributed by atoms with E-state index in [0.29, 0.717) is 5.02 Å². The Morgan fingerprint density at radius 1 is 0.839 bits per heavy atom. The Morgan fingerprint density at radius 3 is 2.42 bits per heavy atom. The Morgan fingerprint density at radius 2 is 1.65 bits per heavy atom. The molecule has 0 bridgehead atoms. The number of aryl methyl sites for hydroxylation is 3. The normalized spacial score (nSPS) is 11.4. The van der Waals surface area contributed by atoms with Crippen LogP contribution in [0.2, 0.25) is 5.02 Å². The van der Waals surface area contributed by atoms with Crippen molar-refractivity contribution in [2.24, 2.45) is 0 Å². The fourth-order valence-electron chi connectivity index (χ4n) is 3.98. The Balaban J connectivity index is 1.93. The van der Waals surface area contributed by atoms with Gasteiger partial charge in [0.05, 0.1) is 23.8 Å².